The molecule has 1 atom stereocenters. The van der Waals surface area contributed by atoms with Crippen LogP contribution in [0.25, 0.3) is 6.08 Å². The van der Waals surface area contributed by atoms with E-state index in [-0.39, 0.29) is 11.8 Å². The first-order valence-electron chi connectivity index (χ1n) is 8.45. The van der Waals surface area contributed by atoms with Crippen LogP contribution in [0.1, 0.15) is 23.6 Å². The summed E-state index contributed by atoms with van der Waals surface area (Å²) in [6, 6.07) is 20.3. The van der Waals surface area contributed by atoms with Crippen LogP contribution >= 0.6 is 0 Å². The van der Waals surface area contributed by atoms with E-state index in [4.69, 9.17) is 4.74 Å². The molecule has 0 aromatic heterocycles. The maximum Gasteiger partial charge on any atom is 0.157 e. The third-order valence-corrected chi connectivity index (χ3v) is 4.33. The number of hydrogen-bond donors (Lipinski definition) is 0. The summed E-state index contributed by atoms with van der Waals surface area (Å²) in [5, 5.41) is 0. The predicted molar refractivity (Wildman–Crippen MR) is 96.7 cm³/mol. The van der Waals surface area contributed by atoms with Gasteiger partial charge in [-0.05, 0) is 17.2 Å². The SMILES string of the molecule is O=C(/C=C/c1ccccc1)C[C@@H](c1ccccc1)N1CCOCC1. The summed E-state index contributed by atoms with van der Waals surface area (Å²) in [5.74, 6) is 0.152. The van der Waals surface area contributed by atoms with Crippen LogP contribution in [0.4, 0.5) is 0 Å². The number of benzene rings is 2. The van der Waals surface area contributed by atoms with Crippen molar-refractivity contribution in [3.8, 4) is 0 Å². The fourth-order valence-corrected chi connectivity index (χ4v) is 3.03. The minimum absolute atomic E-state index is 0.114. The lowest BCUT2D eigenvalue weighted by Gasteiger charge is -2.34. The highest BCUT2D eigenvalue weighted by atomic mass is 16.5. The minimum Gasteiger partial charge on any atom is -0.379 e. The molecule has 0 bridgehead atoms. The van der Waals surface area contributed by atoms with Gasteiger partial charge in [-0.25, -0.2) is 0 Å². The van der Waals surface area contributed by atoms with Crippen molar-refractivity contribution in [1.82, 2.24) is 4.90 Å². The topological polar surface area (TPSA) is 29.5 Å². The van der Waals surface area contributed by atoms with Crippen LogP contribution in [-0.4, -0.2) is 37.0 Å². The molecule has 3 rings (SSSR count). The van der Waals surface area contributed by atoms with Gasteiger partial charge in [0.2, 0.25) is 0 Å². The largest absolute Gasteiger partial charge is 0.379 e. The first-order chi connectivity index (χ1) is 11.8. The van der Waals surface area contributed by atoms with Gasteiger partial charge in [0.15, 0.2) is 5.78 Å². The summed E-state index contributed by atoms with van der Waals surface area (Å²) in [4.78, 5) is 14.9. The number of allylic oxidation sites excluding steroid dienone is 1. The molecule has 3 nitrogen and oxygen atoms in total. The number of hydrogen-bond acceptors (Lipinski definition) is 3. The molecule has 0 N–H and O–H groups in total. The molecule has 0 unspecified atom stereocenters. The van der Waals surface area contributed by atoms with E-state index in [0.717, 1.165) is 31.9 Å². The summed E-state index contributed by atoms with van der Waals surface area (Å²) in [7, 11) is 0. The third-order valence-electron chi connectivity index (χ3n) is 4.33. The molecule has 1 aliphatic rings. The molecular formula is C21H23NO2. The molecule has 0 saturated carbocycles. The Morgan fingerprint density at radius 3 is 2.29 bits per heavy atom. The molecule has 1 saturated heterocycles. The zero-order valence-corrected chi connectivity index (χ0v) is 13.8. The molecule has 1 fully saturated rings. The lowest BCUT2D eigenvalue weighted by Crippen LogP contribution is -2.39. The van der Waals surface area contributed by atoms with Gasteiger partial charge in [0.05, 0.1) is 13.2 Å². The second-order valence-corrected chi connectivity index (χ2v) is 5.99. The summed E-state index contributed by atoms with van der Waals surface area (Å²) >= 11 is 0. The second-order valence-electron chi connectivity index (χ2n) is 5.99. The molecule has 3 heteroatoms. The quantitative estimate of drug-likeness (QED) is 0.759. The smallest absolute Gasteiger partial charge is 0.157 e. The van der Waals surface area contributed by atoms with Crippen LogP contribution < -0.4 is 0 Å². The van der Waals surface area contributed by atoms with Gasteiger partial charge in [0.1, 0.15) is 0 Å². The Labute approximate surface area is 143 Å². The van der Waals surface area contributed by atoms with Crippen LogP contribution in [0.5, 0.6) is 0 Å². The van der Waals surface area contributed by atoms with Crippen molar-refractivity contribution in [2.75, 3.05) is 26.3 Å². The average Bonchev–Trinajstić information content (AvgIpc) is 2.67. The highest BCUT2D eigenvalue weighted by molar-refractivity contribution is 5.94. The van der Waals surface area contributed by atoms with Crippen LogP contribution in [0.15, 0.2) is 66.7 Å². The number of rotatable bonds is 6. The van der Waals surface area contributed by atoms with Crippen molar-refractivity contribution in [2.24, 2.45) is 0 Å². The molecule has 0 radical (unpaired) electrons. The van der Waals surface area contributed by atoms with E-state index < -0.39 is 0 Å². The Bertz CT molecular complexity index is 661. The first-order valence-corrected chi connectivity index (χ1v) is 8.45. The van der Waals surface area contributed by atoms with Gasteiger partial charge in [-0.1, -0.05) is 66.7 Å². The van der Waals surface area contributed by atoms with Gasteiger partial charge >= 0.3 is 0 Å². The van der Waals surface area contributed by atoms with E-state index >= 15 is 0 Å². The van der Waals surface area contributed by atoms with Crippen molar-refractivity contribution in [1.29, 1.82) is 0 Å². The predicted octanol–water partition coefficient (Wildman–Crippen LogP) is 3.73. The molecule has 24 heavy (non-hydrogen) atoms. The zero-order chi connectivity index (χ0) is 16.6. The summed E-state index contributed by atoms with van der Waals surface area (Å²) in [6.45, 7) is 3.21. The Morgan fingerprint density at radius 1 is 1.00 bits per heavy atom. The van der Waals surface area contributed by atoms with E-state index in [0.29, 0.717) is 6.42 Å². The molecule has 0 amide bonds. The van der Waals surface area contributed by atoms with Crippen LogP contribution in [0.3, 0.4) is 0 Å². The summed E-state index contributed by atoms with van der Waals surface area (Å²) < 4.78 is 5.46. The van der Waals surface area contributed by atoms with E-state index in [2.05, 4.69) is 17.0 Å². The summed E-state index contributed by atoms with van der Waals surface area (Å²) in [5.41, 5.74) is 2.24. The fourth-order valence-electron chi connectivity index (χ4n) is 3.03. The Balaban J connectivity index is 1.71. The number of carbonyl (C=O) groups is 1. The highest BCUT2D eigenvalue weighted by Gasteiger charge is 2.24. The van der Waals surface area contributed by atoms with Crippen molar-refractivity contribution < 1.29 is 9.53 Å². The van der Waals surface area contributed by atoms with Crippen molar-refractivity contribution in [3.63, 3.8) is 0 Å². The third kappa shape index (κ3) is 4.63. The number of ether oxygens (including phenoxy) is 1. The molecule has 0 spiro atoms. The standard InChI is InChI=1S/C21H23NO2/c23-20(12-11-18-7-3-1-4-8-18)17-21(19-9-5-2-6-10-19)22-13-15-24-16-14-22/h1-12,21H,13-17H2/b12-11+/t21-/m0/s1. The first kappa shape index (κ1) is 16.6. The maximum absolute atomic E-state index is 12.5. The molecular weight excluding hydrogens is 298 g/mol. The van der Waals surface area contributed by atoms with Crippen molar-refractivity contribution >= 4 is 11.9 Å². The van der Waals surface area contributed by atoms with Gasteiger partial charge in [-0.2, -0.15) is 0 Å². The minimum atomic E-state index is 0.114. The highest BCUT2D eigenvalue weighted by Crippen LogP contribution is 2.25. The zero-order valence-electron chi connectivity index (χ0n) is 13.8. The molecule has 1 aliphatic heterocycles. The van der Waals surface area contributed by atoms with Crippen LogP contribution in [0.2, 0.25) is 0 Å². The number of nitrogens with zero attached hydrogens (tertiary/aromatic N) is 1. The normalized spacial score (nSPS) is 17.0. The number of morpholine rings is 1. The Kier molecular flexibility index (Phi) is 5.94. The van der Waals surface area contributed by atoms with E-state index in [1.165, 1.54) is 5.56 Å². The van der Waals surface area contributed by atoms with Gasteiger partial charge in [-0.15, -0.1) is 0 Å². The number of ketones is 1. The number of carbonyl (C=O) groups excluding carboxylic acids is 1. The van der Waals surface area contributed by atoms with Crippen LogP contribution in [0, 0.1) is 0 Å². The van der Waals surface area contributed by atoms with Gasteiger partial charge in [0, 0.05) is 25.6 Å². The van der Waals surface area contributed by atoms with Gasteiger partial charge < -0.3 is 4.74 Å². The van der Waals surface area contributed by atoms with E-state index in [1.54, 1.807) is 6.08 Å². The van der Waals surface area contributed by atoms with Crippen molar-refractivity contribution in [2.45, 2.75) is 12.5 Å². The lowest BCUT2D eigenvalue weighted by molar-refractivity contribution is -0.116. The Morgan fingerprint density at radius 2 is 1.62 bits per heavy atom. The van der Waals surface area contributed by atoms with E-state index in [9.17, 15) is 4.79 Å². The molecule has 2 aromatic carbocycles. The molecule has 0 aliphatic carbocycles. The molecule has 1 heterocycles. The van der Waals surface area contributed by atoms with Crippen LogP contribution in [-0.2, 0) is 9.53 Å². The molecule has 2 aromatic rings. The monoisotopic (exact) mass is 321 g/mol. The Hall–Kier alpha value is -2.23. The molecule has 124 valence electrons. The van der Waals surface area contributed by atoms with Crippen molar-refractivity contribution in [3.05, 3.63) is 77.9 Å². The lowest BCUT2D eigenvalue weighted by atomic mass is 9.98. The maximum atomic E-state index is 12.5. The summed E-state index contributed by atoms with van der Waals surface area (Å²) in [6.07, 6.45) is 4.09. The van der Waals surface area contributed by atoms with Gasteiger partial charge in [-0.3, -0.25) is 9.69 Å². The van der Waals surface area contributed by atoms with E-state index in [1.807, 2.05) is 54.6 Å². The average molecular weight is 321 g/mol. The van der Waals surface area contributed by atoms with Gasteiger partial charge in [0.25, 0.3) is 0 Å². The second kappa shape index (κ2) is 8.57. The fraction of sp³-hybridized carbons (Fsp3) is 0.286.